The first-order valence-electron chi connectivity index (χ1n) is 10.9. The first-order chi connectivity index (χ1) is 16.7. The summed E-state index contributed by atoms with van der Waals surface area (Å²) in [7, 11) is 0. The highest BCUT2D eigenvalue weighted by atomic mass is 79.9. The van der Waals surface area contributed by atoms with Gasteiger partial charge in [0.05, 0.1) is 11.3 Å². The Kier molecular flexibility index (Phi) is 4.79. The molecule has 1 aliphatic carbocycles. The number of nitrogens with zero attached hydrogens (tertiary/aromatic N) is 2. The summed E-state index contributed by atoms with van der Waals surface area (Å²) in [4.78, 5) is 29.3. The van der Waals surface area contributed by atoms with Gasteiger partial charge in [0.2, 0.25) is 17.1 Å². The van der Waals surface area contributed by atoms with Crippen molar-refractivity contribution in [3.63, 3.8) is 0 Å². The third kappa shape index (κ3) is 2.76. The van der Waals surface area contributed by atoms with Gasteiger partial charge in [0, 0.05) is 37.1 Å². The van der Waals surface area contributed by atoms with Gasteiger partial charge in [-0.05, 0) is 61.5 Å². The Labute approximate surface area is 217 Å². The fourth-order valence-electron chi connectivity index (χ4n) is 5.34. The third-order valence-corrected chi connectivity index (χ3v) is 7.91. The van der Waals surface area contributed by atoms with E-state index in [9.17, 15) is 19.8 Å². The van der Waals surface area contributed by atoms with Gasteiger partial charge in [-0.3, -0.25) is 14.2 Å². The van der Waals surface area contributed by atoms with Gasteiger partial charge < -0.3 is 15.1 Å². The van der Waals surface area contributed by atoms with Crippen molar-refractivity contribution in [1.29, 1.82) is 0 Å². The molecule has 6 nitrogen and oxygen atoms in total. The number of fused-ring (bicyclic) bond motifs is 5. The second-order valence-corrected chi connectivity index (χ2v) is 10.6. The number of pyridine rings is 1. The summed E-state index contributed by atoms with van der Waals surface area (Å²) in [6.07, 6.45) is 0. The molecule has 0 fully saturated rings. The molecule has 1 aromatic heterocycles. The number of carbonyl (C=O) groups excluding carboxylic acids is 1. The number of Topliss-reactive ketones (excluding diaryl/α,β-unsaturated/α-hetero) is 1. The lowest BCUT2D eigenvalue weighted by Crippen LogP contribution is -2.54. The Morgan fingerprint density at radius 2 is 1.37 bits per heavy atom. The molecule has 0 bridgehead atoms. The van der Waals surface area contributed by atoms with Gasteiger partial charge >= 0.3 is 0 Å². The van der Waals surface area contributed by atoms with E-state index in [1.54, 1.807) is 73.7 Å². The Morgan fingerprint density at radius 3 is 2.00 bits per heavy atom. The molecule has 0 spiro atoms. The molecule has 8 heteroatoms. The minimum absolute atomic E-state index is 0.155. The van der Waals surface area contributed by atoms with Crippen molar-refractivity contribution >= 4 is 49.0 Å². The van der Waals surface area contributed by atoms with E-state index >= 15 is 0 Å². The second-order valence-electron chi connectivity index (χ2n) is 8.73. The van der Waals surface area contributed by atoms with Crippen LogP contribution in [0.4, 0.5) is 11.4 Å². The van der Waals surface area contributed by atoms with Crippen LogP contribution in [0.1, 0.15) is 27.2 Å². The molecule has 3 aromatic carbocycles. The fourth-order valence-corrected chi connectivity index (χ4v) is 5.87. The molecule has 174 valence electrons. The van der Waals surface area contributed by atoms with Crippen molar-refractivity contribution in [3.05, 3.63) is 121 Å². The van der Waals surface area contributed by atoms with Crippen LogP contribution >= 0.6 is 31.9 Å². The SMILES string of the molecule is Cc1cc2c(c(=O)n1-c1ccc(Br)cc1)C1(O)C(=O)c3ccccc3C1(O)N2c1ccc(Br)cc1. The molecule has 2 aliphatic rings. The van der Waals surface area contributed by atoms with Gasteiger partial charge in [-0.2, -0.15) is 0 Å². The Morgan fingerprint density at radius 1 is 0.800 bits per heavy atom. The van der Waals surface area contributed by atoms with Crippen molar-refractivity contribution in [2.75, 3.05) is 4.90 Å². The molecule has 0 saturated heterocycles. The molecule has 2 unspecified atom stereocenters. The van der Waals surface area contributed by atoms with Gasteiger partial charge in [-0.1, -0.05) is 56.1 Å². The number of hydrogen-bond acceptors (Lipinski definition) is 5. The van der Waals surface area contributed by atoms with Crippen LogP contribution in [0.15, 0.2) is 92.6 Å². The number of aryl methyl sites for hydroxylation is 1. The number of anilines is 2. The molecule has 0 saturated carbocycles. The number of hydrogen-bond donors (Lipinski definition) is 2. The molecular weight excluding hydrogens is 576 g/mol. The molecule has 35 heavy (non-hydrogen) atoms. The standard InChI is InChI=1S/C27H18Br2N2O4/c1-15-14-22-23(25(33)30(15)18-10-6-16(28)7-11-18)26(34)24(32)20-4-2-3-5-21(20)27(26,35)31(22)19-12-8-17(29)9-13-19/h2-14,34-35H,1H3. The predicted molar refractivity (Wildman–Crippen MR) is 139 cm³/mol. The molecule has 2 atom stereocenters. The Bertz CT molecular complexity index is 1600. The Balaban J connectivity index is 1.73. The highest BCUT2D eigenvalue weighted by Crippen LogP contribution is 2.61. The summed E-state index contributed by atoms with van der Waals surface area (Å²) in [5.74, 6) is -0.709. The van der Waals surface area contributed by atoms with Gasteiger partial charge in [0.25, 0.3) is 5.56 Å². The number of ketones is 1. The Hall–Kier alpha value is -3.04. The molecule has 2 heterocycles. The predicted octanol–water partition coefficient (Wildman–Crippen LogP) is 5.05. The highest BCUT2D eigenvalue weighted by Gasteiger charge is 2.72. The molecule has 0 amide bonds. The zero-order valence-corrected chi connectivity index (χ0v) is 21.5. The van der Waals surface area contributed by atoms with Crippen molar-refractivity contribution in [1.82, 2.24) is 4.57 Å². The van der Waals surface area contributed by atoms with Crippen LogP contribution in [-0.2, 0) is 11.3 Å². The van der Waals surface area contributed by atoms with E-state index in [4.69, 9.17) is 0 Å². The zero-order valence-electron chi connectivity index (χ0n) is 18.4. The summed E-state index contributed by atoms with van der Waals surface area (Å²) in [5, 5.41) is 24.5. The highest BCUT2D eigenvalue weighted by molar-refractivity contribution is 9.10. The van der Waals surface area contributed by atoms with Gasteiger partial charge in [-0.15, -0.1) is 0 Å². The van der Waals surface area contributed by atoms with Gasteiger partial charge in [0.1, 0.15) is 0 Å². The molecule has 4 aromatic rings. The third-order valence-electron chi connectivity index (χ3n) is 6.85. The first-order valence-corrected chi connectivity index (χ1v) is 12.5. The van der Waals surface area contributed by atoms with Crippen molar-refractivity contribution in [3.8, 4) is 5.69 Å². The van der Waals surface area contributed by atoms with E-state index in [1.165, 1.54) is 9.47 Å². The number of aliphatic hydroxyl groups is 2. The van der Waals surface area contributed by atoms with Crippen LogP contribution in [0, 0.1) is 6.92 Å². The van der Waals surface area contributed by atoms with Crippen molar-refractivity contribution in [2.45, 2.75) is 18.2 Å². The van der Waals surface area contributed by atoms with Crippen LogP contribution in [-0.4, -0.2) is 20.6 Å². The molecular formula is C27H18Br2N2O4. The molecule has 0 radical (unpaired) electrons. The van der Waals surface area contributed by atoms with Crippen LogP contribution in [0.2, 0.25) is 0 Å². The fraction of sp³-hybridized carbons (Fsp3) is 0.111. The van der Waals surface area contributed by atoms with E-state index in [1.807, 2.05) is 12.1 Å². The molecule has 1 aliphatic heterocycles. The van der Waals surface area contributed by atoms with E-state index in [2.05, 4.69) is 31.9 Å². The maximum atomic E-state index is 14.1. The molecule has 2 N–H and O–H groups in total. The largest absolute Gasteiger partial charge is 0.372 e. The average Bonchev–Trinajstić information content (AvgIpc) is 3.15. The monoisotopic (exact) mass is 592 g/mol. The van der Waals surface area contributed by atoms with Crippen molar-refractivity contribution in [2.24, 2.45) is 0 Å². The average molecular weight is 594 g/mol. The van der Waals surface area contributed by atoms with Gasteiger partial charge in [-0.25, -0.2) is 0 Å². The maximum Gasteiger partial charge on any atom is 0.264 e. The number of halogens is 2. The van der Waals surface area contributed by atoms with Crippen LogP contribution in [0.5, 0.6) is 0 Å². The summed E-state index contributed by atoms with van der Waals surface area (Å²) < 4.78 is 3.13. The first kappa shape index (κ1) is 22.4. The lowest BCUT2D eigenvalue weighted by atomic mass is 9.86. The lowest BCUT2D eigenvalue weighted by molar-refractivity contribution is -0.113. The molecule has 6 rings (SSSR count). The number of rotatable bonds is 2. The van der Waals surface area contributed by atoms with Crippen LogP contribution < -0.4 is 10.5 Å². The number of carbonyl (C=O) groups is 1. The summed E-state index contributed by atoms with van der Waals surface area (Å²) >= 11 is 6.83. The topological polar surface area (TPSA) is 82.8 Å². The smallest absolute Gasteiger partial charge is 0.264 e. The summed E-state index contributed by atoms with van der Waals surface area (Å²) in [6.45, 7) is 1.78. The number of benzene rings is 3. The van der Waals surface area contributed by atoms with Crippen molar-refractivity contribution < 1.29 is 15.0 Å². The van der Waals surface area contributed by atoms with Crippen LogP contribution in [0.25, 0.3) is 5.69 Å². The minimum atomic E-state index is -2.50. The van der Waals surface area contributed by atoms with E-state index in [-0.39, 0.29) is 22.4 Å². The second kappa shape index (κ2) is 7.48. The van der Waals surface area contributed by atoms with Gasteiger partial charge in [0.15, 0.2) is 0 Å². The number of aromatic nitrogens is 1. The quantitative estimate of drug-likeness (QED) is 0.340. The maximum absolute atomic E-state index is 14.1. The lowest BCUT2D eigenvalue weighted by Gasteiger charge is -2.38. The minimum Gasteiger partial charge on any atom is -0.372 e. The zero-order chi connectivity index (χ0) is 24.7. The normalized spacial score (nSPS) is 22.2. The van der Waals surface area contributed by atoms with E-state index in [0.29, 0.717) is 17.1 Å². The van der Waals surface area contributed by atoms with Crippen LogP contribution in [0.3, 0.4) is 0 Å². The summed E-state index contributed by atoms with van der Waals surface area (Å²) in [5.41, 5.74) is -3.01. The van der Waals surface area contributed by atoms with E-state index in [0.717, 1.165) is 8.95 Å². The summed E-state index contributed by atoms with van der Waals surface area (Å²) in [6, 6.07) is 22.6. The van der Waals surface area contributed by atoms with E-state index < -0.39 is 22.7 Å².